The Morgan fingerprint density at radius 1 is 1.10 bits per heavy atom. The first kappa shape index (κ1) is 24.9. The van der Waals surface area contributed by atoms with E-state index < -0.39 is 0 Å². The van der Waals surface area contributed by atoms with E-state index in [4.69, 9.17) is 10.5 Å². The molecule has 0 unspecified atom stereocenters. The van der Waals surface area contributed by atoms with Crippen LogP contribution in [0.5, 0.6) is 5.75 Å². The molecular formula is C24H29Cl2N3O2. The molecule has 31 heavy (non-hydrogen) atoms. The molecule has 1 fully saturated rings. The van der Waals surface area contributed by atoms with Gasteiger partial charge >= 0.3 is 0 Å². The van der Waals surface area contributed by atoms with Crippen LogP contribution in [0.4, 0.5) is 0 Å². The number of benzene rings is 2. The average molecular weight is 462 g/mol. The Hall–Kier alpha value is -2.34. The van der Waals surface area contributed by atoms with Gasteiger partial charge in [-0.05, 0) is 41.8 Å². The summed E-state index contributed by atoms with van der Waals surface area (Å²) in [5, 5.41) is 1.16. The number of nitrogens with two attached hydrogens (primary N) is 1. The van der Waals surface area contributed by atoms with E-state index in [2.05, 4.69) is 42.2 Å². The maximum absolute atomic E-state index is 11.9. The van der Waals surface area contributed by atoms with Crippen LogP contribution in [0.2, 0.25) is 0 Å². The van der Waals surface area contributed by atoms with E-state index >= 15 is 0 Å². The van der Waals surface area contributed by atoms with Gasteiger partial charge in [-0.2, -0.15) is 0 Å². The largest absolute Gasteiger partial charge is 0.490 e. The fraction of sp³-hybridized carbons (Fsp3) is 0.333. The van der Waals surface area contributed by atoms with Crippen molar-refractivity contribution in [3.05, 3.63) is 60.3 Å². The lowest BCUT2D eigenvalue weighted by atomic mass is 9.98. The zero-order valence-corrected chi connectivity index (χ0v) is 19.3. The summed E-state index contributed by atoms with van der Waals surface area (Å²) >= 11 is 0. The highest BCUT2D eigenvalue weighted by molar-refractivity contribution is 5.88. The van der Waals surface area contributed by atoms with Gasteiger partial charge in [-0.3, -0.25) is 9.78 Å². The zero-order valence-electron chi connectivity index (χ0n) is 17.6. The highest BCUT2D eigenvalue weighted by Crippen LogP contribution is 2.30. The van der Waals surface area contributed by atoms with Gasteiger partial charge in [-0.1, -0.05) is 30.3 Å². The number of likely N-dealkylation sites (tertiary alicyclic amines) is 1. The first-order chi connectivity index (χ1) is 14.2. The lowest BCUT2D eigenvalue weighted by Crippen LogP contribution is -2.42. The minimum Gasteiger partial charge on any atom is -0.490 e. The number of amides is 1. The van der Waals surface area contributed by atoms with Gasteiger partial charge in [0, 0.05) is 50.5 Å². The molecule has 0 radical (unpaired) electrons. The van der Waals surface area contributed by atoms with E-state index in [0.29, 0.717) is 13.0 Å². The topological polar surface area (TPSA) is 68.5 Å². The van der Waals surface area contributed by atoms with Gasteiger partial charge in [0.15, 0.2) is 0 Å². The number of fused-ring (bicyclic) bond motifs is 1. The molecule has 0 atom stereocenters. The standard InChI is InChI=1S/C24H27N3O2.2ClH/c1-17-22(9-6-19-3-2-14-26-24(17)19)18-4-7-20(8-5-18)29-21-11-15-27(16-12-21)23(28)10-13-25;;/h2-9,14,21H,10-13,15-16,25H2,1H3;2*1H. The number of carbonyl (C=O) groups excluding carboxylic acids is 1. The number of nitrogens with zero attached hydrogens (tertiary/aromatic N) is 2. The van der Waals surface area contributed by atoms with Gasteiger partial charge in [0.25, 0.3) is 0 Å². The lowest BCUT2D eigenvalue weighted by Gasteiger charge is -2.32. The van der Waals surface area contributed by atoms with Crippen molar-refractivity contribution in [1.82, 2.24) is 9.88 Å². The summed E-state index contributed by atoms with van der Waals surface area (Å²) in [6.45, 7) is 4.01. The molecule has 1 aromatic heterocycles. The van der Waals surface area contributed by atoms with Crippen molar-refractivity contribution in [1.29, 1.82) is 0 Å². The molecule has 4 rings (SSSR count). The van der Waals surface area contributed by atoms with Crippen LogP contribution in [0.1, 0.15) is 24.8 Å². The number of piperidine rings is 1. The Labute approximate surface area is 195 Å². The number of ether oxygens (including phenoxy) is 1. The number of aryl methyl sites for hydroxylation is 1. The molecular weight excluding hydrogens is 433 g/mol. The van der Waals surface area contributed by atoms with Crippen molar-refractivity contribution < 1.29 is 9.53 Å². The molecule has 2 aromatic carbocycles. The molecule has 166 valence electrons. The molecule has 0 saturated carbocycles. The Morgan fingerprint density at radius 2 is 1.81 bits per heavy atom. The molecule has 1 saturated heterocycles. The summed E-state index contributed by atoms with van der Waals surface area (Å²) in [7, 11) is 0. The molecule has 7 heteroatoms. The fourth-order valence-corrected chi connectivity index (χ4v) is 4.01. The van der Waals surface area contributed by atoms with E-state index in [9.17, 15) is 4.79 Å². The molecule has 1 amide bonds. The van der Waals surface area contributed by atoms with Gasteiger partial charge in [0.2, 0.25) is 5.91 Å². The zero-order chi connectivity index (χ0) is 20.2. The average Bonchev–Trinajstić information content (AvgIpc) is 2.76. The summed E-state index contributed by atoms with van der Waals surface area (Å²) in [6.07, 6.45) is 4.12. The number of pyridine rings is 1. The Bertz CT molecular complexity index is 1000. The second-order valence-corrected chi connectivity index (χ2v) is 7.57. The van der Waals surface area contributed by atoms with Crippen LogP contribution >= 0.6 is 24.8 Å². The molecule has 0 aliphatic carbocycles. The van der Waals surface area contributed by atoms with E-state index in [1.54, 1.807) is 0 Å². The van der Waals surface area contributed by atoms with Crippen molar-refractivity contribution in [3.8, 4) is 16.9 Å². The number of rotatable bonds is 5. The molecule has 2 heterocycles. The summed E-state index contributed by atoms with van der Waals surface area (Å²) in [5.74, 6) is 1.02. The minimum atomic E-state index is 0. The fourth-order valence-electron chi connectivity index (χ4n) is 4.01. The van der Waals surface area contributed by atoms with Gasteiger partial charge in [0.05, 0.1) is 5.52 Å². The molecule has 5 nitrogen and oxygen atoms in total. The number of aromatic nitrogens is 1. The Morgan fingerprint density at radius 3 is 2.48 bits per heavy atom. The third-order valence-electron chi connectivity index (χ3n) is 5.65. The summed E-state index contributed by atoms with van der Waals surface area (Å²) in [5.41, 5.74) is 10.1. The predicted octanol–water partition coefficient (Wildman–Crippen LogP) is 4.77. The summed E-state index contributed by atoms with van der Waals surface area (Å²) < 4.78 is 6.16. The Kier molecular flexibility index (Phi) is 9.11. The van der Waals surface area contributed by atoms with Crippen LogP contribution in [-0.4, -0.2) is 41.5 Å². The van der Waals surface area contributed by atoms with Crippen LogP contribution in [0.15, 0.2) is 54.7 Å². The van der Waals surface area contributed by atoms with Crippen molar-refractivity contribution in [2.75, 3.05) is 19.6 Å². The van der Waals surface area contributed by atoms with Crippen molar-refractivity contribution in [2.45, 2.75) is 32.3 Å². The summed E-state index contributed by atoms with van der Waals surface area (Å²) in [6, 6.07) is 16.6. The molecule has 3 aromatic rings. The molecule has 1 aliphatic rings. The molecule has 0 bridgehead atoms. The quantitative estimate of drug-likeness (QED) is 0.593. The first-order valence-corrected chi connectivity index (χ1v) is 10.2. The summed E-state index contributed by atoms with van der Waals surface area (Å²) in [4.78, 5) is 18.4. The van der Waals surface area contributed by atoms with Crippen LogP contribution < -0.4 is 10.5 Å². The van der Waals surface area contributed by atoms with E-state index in [1.165, 1.54) is 11.1 Å². The third-order valence-corrected chi connectivity index (χ3v) is 5.65. The van der Waals surface area contributed by atoms with Crippen molar-refractivity contribution in [3.63, 3.8) is 0 Å². The highest BCUT2D eigenvalue weighted by atomic mass is 35.5. The Balaban J connectivity index is 0.00000171. The number of hydrogen-bond acceptors (Lipinski definition) is 4. The van der Waals surface area contributed by atoms with Crippen LogP contribution in [0.25, 0.3) is 22.0 Å². The predicted molar refractivity (Wildman–Crippen MR) is 130 cm³/mol. The van der Waals surface area contributed by atoms with Crippen molar-refractivity contribution in [2.24, 2.45) is 5.73 Å². The van der Waals surface area contributed by atoms with E-state index in [0.717, 1.165) is 48.1 Å². The SMILES string of the molecule is Cc1c(-c2ccc(OC3CCN(C(=O)CCN)CC3)cc2)ccc2cccnc12.Cl.Cl. The first-order valence-electron chi connectivity index (χ1n) is 10.2. The normalized spacial score (nSPS) is 13.9. The maximum Gasteiger partial charge on any atom is 0.223 e. The van der Waals surface area contributed by atoms with Crippen molar-refractivity contribution >= 4 is 41.6 Å². The second-order valence-electron chi connectivity index (χ2n) is 7.57. The molecule has 1 aliphatic heterocycles. The number of halogens is 2. The minimum absolute atomic E-state index is 0. The van der Waals surface area contributed by atoms with Crippen LogP contribution in [-0.2, 0) is 4.79 Å². The number of hydrogen-bond donors (Lipinski definition) is 1. The highest BCUT2D eigenvalue weighted by Gasteiger charge is 2.23. The van der Waals surface area contributed by atoms with Gasteiger partial charge in [0.1, 0.15) is 11.9 Å². The van der Waals surface area contributed by atoms with Gasteiger partial charge < -0.3 is 15.4 Å². The molecule has 2 N–H and O–H groups in total. The van der Waals surface area contributed by atoms with Gasteiger partial charge in [-0.15, -0.1) is 24.8 Å². The van der Waals surface area contributed by atoms with Gasteiger partial charge in [-0.25, -0.2) is 0 Å². The third kappa shape index (κ3) is 5.67. The maximum atomic E-state index is 11.9. The number of carbonyl (C=O) groups is 1. The monoisotopic (exact) mass is 461 g/mol. The van der Waals surface area contributed by atoms with Crippen LogP contribution in [0, 0.1) is 6.92 Å². The molecule has 0 spiro atoms. The van der Waals surface area contributed by atoms with E-state index in [1.807, 2.05) is 29.3 Å². The van der Waals surface area contributed by atoms with E-state index in [-0.39, 0.29) is 36.8 Å². The lowest BCUT2D eigenvalue weighted by molar-refractivity contribution is -0.132. The second kappa shape index (κ2) is 11.3. The smallest absolute Gasteiger partial charge is 0.223 e. The van der Waals surface area contributed by atoms with Crippen LogP contribution in [0.3, 0.4) is 0 Å².